The van der Waals surface area contributed by atoms with Gasteiger partial charge in [0.25, 0.3) is 5.69 Å². The van der Waals surface area contributed by atoms with Crippen LogP contribution in [-0.2, 0) is 0 Å². The predicted molar refractivity (Wildman–Crippen MR) is 88.3 cm³/mol. The lowest BCUT2D eigenvalue weighted by Gasteiger charge is -2.12. The maximum absolute atomic E-state index is 12.3. The molecule has 8 nitrogen and oxygen atoms in total. The highest BCUT2D eigenvalue weighted by Gasteiger charge is 2.31. The number of aromatic carboxylic acids is 1. The summed E-state index contributed by atoms with van der Waals surface area (Å²) in [7, 11) is 0. The first-order valence-electron chi connectivity index (χ1n) is 7.30. The van der Waals surface area contributed by atoms with E-state index in [1.54, 1.807) is 0 Å². The summed E-state index contributed by atoms with van der Waals surface area (Å²) in [4.78, 5) is 24.1. The SMILES string of the molecule is O=C(O)c1cc2c(Nc3cccc(OC(F)(F)F)c3)ccc([N+](=O)[O-])c2[nH]1. The van der Waals surface area contributed by atoms with Crippen LogP contribution in [0.3, 0.4) is 0 Å². The summed E-state index contributed by atoms with van der Waals surface area (Å²) in [5.74, 6) is -1.77. The van der Waals surface area contributed by atoms with E-state index < -0.39 is 23.0 Å². The number of nitro benzene ring substituents is 1. The molecule has 0 aliphatic carbocycles. The monoisotopic (exact) mass is 381 g/mol. The molecule has 0 bridgehead atoms. The van der Waals surface area contributed by atoms with E-state index in [0.29, 0.717) is 0 Å². The molecule has 0 aliphatic heterocycles. The van der Waals surface area contributed by atoms with Crippen LogP contribution in [0.2, 0.25) is 0 Å². The number of ether oxygens (including phenoxy) is 1. The normalized spacial score (nSPS) is 11.4. The summed E-state index contributed by atoms with van der Waals surface area (Å²) < 4.78 is 40.9. The molecule has 0 unspecified atom stereocenters. The number of carboxylic acid groups (broad SMARTS) is 1. The molecule has 0 aliphatic rings. The van der Waals surface area contributed by atoms with Crippen LogP contribution in [0.25, 0.3) is 10.9 Å². The van der Waals surface area contributed by atoms with Crippen LogP contribution in [0.4, 0.5) is 30.2 Å². The first kappa shape index (κ1) is 18.0. The molecule has 0 saturated heterocycles. The second kappa shape index (κ2) is 6.52. The van der Waals surface area contributed by atoms with Crippen molar-refractivity contribution in [3.05, 3.63) is 58.3 Å². The van der Waals surface area contributed by atoms with E-state index >= 15 is 0 Å². The Morgan fingerprint density at radius 3 is 2.59 bits per heavy atom. The van der Waals surface area contributed by atoms with Gasteiger partial charge in [-0.2, -0.15) is 0 Å². The molecule has 140 valence electrons. The van der Waals surface area contributed by atoms with Gasteiger partial charge in [-0.1, -0.05) is 6.07 Å². The number of aromatic nitrogens is 1. The number of benzene rings is 2. The minimum absolute atomic E-state index is 0.0231. The van der Waals surface area contributed by atoms with E-state index in [9.17, 15) is 28.1 Å². The number of hydrogen-bond donors (Lipinski definition) is 3. The zero-order valence-electron chi connectivity index (χ0n) is 13.2. The second-order valence-electron chi connectivity index (χ2n) is 5.37. The Bertz CT molecular complexity index is 1050. The quantitative estimate of drug-likeness (QED) is 0.445. The van der Waals surface area contributed by atoms with Crippen molar-refractivity contribution in [1.29, 1.82) is 0 Å². The van der Waals surface area contributed by atoms with Crippen molar-refractivity contribution in [3.8, 4) is 5.75 Å². The summed E-state index contributed by atoms with van der Waals surface area (Å²) in [5.41, 5.74) is -0.146. The molecule has 1 heterocycles. The molecule has 0 saturated carbocycles. The average Bonchev–Trinajstić information content (AvgIpc) is 2.99. The van der Waals surface area contributed by atoms with E-state index in [4.69, 9.17) is 5.11 Å². The number of carbonyl (C=O) groups is 1. The molecule has 1 aromatic heterocycles. The standard InChI is InChI=1S/C16H10F3N3O5/c17-16(18,19)27-9-3-1-2-8(6-9)20-11-4-5-13(22(25)26)14-10(11)7-12(21-14)15(23)24/h1-7,20-21H,(H,23,24). The predicted octanol–water partition coefficient (Wildman–Crippen LogP) is 4.42. The van der Waals surface area contributed by atoms with E-state index in [0.717, 1.165) is 18.2 Å². The largest absolute Gasteiger partial charge is 0.573 e. The topological polar surface area (TPSA) is 117 Å². The molecule has 27 heavy (non-hydrogen) atoms. The van der Waals surface area contributed by atoms with Gasteiger partial charge in [-0.3, -0.25) is 10.1 Å². The van der Waals surface area contributed by atoms with Gasteiger partial charge in [-0.25, -0.2) is 4.79 Å². The highest BCUT2D eigenvalue weighted by atomic mass is 19.4. The van der Waals surface area contributed by atoms with E-state index in [-0.39, 0.29) is 33.7 Å². The number of alkyl halides is 3. The van der Waals surface area contributed by atoms with Gasteiger partial charge in [0.05, 0.1) is 4.92 Å². The first-order valence-corrected chi connectivity index (χ1v) is 7.30. The summed E-state index contributed by atoms with van der Waals surface area (Å²) in [6.45, 7) is 0. The number of nitro groups is 1. The number of rotatable bonds is 5. The van der Waals surface area contributed by atoms with Crippen LogP contribution < -0.4 is 10.1 Å². The fraction of sp³-hybridized carbons (Fsp3) is 0.0625. The van der Waals surface area contributed by atoms with Crippen LogP contribution in [0.1, 0.15) is 10.5 Å². The Kier molecular flexibility index (Phi) is 4.35. The molecule has 3 aromatic rings. The van der Waals surface area contributed by atoms with Crippen LogP contribution in [-0.4, -0.2) is 27.3 Å². The van der Waals surface area contributed by atoms with Gasteiger partial charge < -0.3 is 20.1 Å². The zero-order valence-corrected chi connectivity index (χ0v) is 13.2. The van der Waals surface area contributed by atoms with Crippen LogP contribution in [0.5, 0.6) is 5.75 Å². The smallest absolute Gasteiger partial charge is 0.477 e. The van der Waals surface area contributed by atoms with E-state index in [1.807, 2.05) is 0 Å². The van der Waals surface area contributed by atoms with Gasteiger partial charge >= 0.3 is 12.3 Å². The molecule has 0 fully saturated rings. The highest BCUT2D eigenvalue weighted by Crippen LogP contribution is 2.34. The van der Waals surface area contributed by atoms with Crippen molar-refractivity contribution in [2.24, 2.45) is 0 Å². The number of non-ortho nitro benzene ring substituents is 1. The van der Waals surface area contributed by atoms with Crippen molar-refractivity contribution >= 4 is 33.9 Å². The number of fused-ring (bicyclic) bond motifs is 1. The van der Waals surface area contributed by atoms with Crippen molar-refractivity contribution in [1.82, 2.24) is 4.98 Å². The fourth-order valence-electron chi connectivity index (χ4n) is 2.51. The molecule has 0 atom stereocenters. The lowest BCUT2D eigenvalue weighted by atomic mass is 10.1. The molecule has 0 radical (unpaired) electrons. The summed E-state index contributed by atoms with van der Waals surface area (Å²) in [5, 5.41) is 23.2. The molecule has 3 N–H and O–H groups in total. The molecule has 0 amide bonds. The Morgan fingerprint density at radius 1 is 1.22 bits per heavy atom. The lowest BCUT2D eigenvalue weighted by Crippen LogP contribution is -2.17. The number of nitrogens with zero attached hydrogens (tertiary/aromatic N) is 1. The molecule has 2 aromatic carbocycles. The van der Waals surface area contributed by atoms with Crippen molar-refractivity contribution < 1.29 is 32.7 Å². The van der Waals surface area contributed by atoms with Gasteiger partial charge in [-0.05, 0) is 24.3 Å². The molecular formula is C16H10F3N3O5. The minimum Gasteiger partial charge on any atom is -0.477 e. The number of nitrogens with one attached hydrogen (secondary N) is 2. The zero-order chi connectivity index (χ0) is 19.8. The van der Waals surface area contributed by atoms with Crippen LogP contribution >= 0.6 is 0 Å². The van der Waals surface area contributed by atoms with Crippen molar-refractivity contribution in [2.45, 2.75) is 6.36 Å². The van der Waals surface area contributed by atoms with Gasteiger partial charge in [0, 0.05) is 28.9 Å². The Labute approximate surface area is 148 Å². The summed E-state index contributed by atoms with van der Waals surface area (Å²) in [6.07, 6.45) is -4.85. The number of anilines is 2. The maximum atomic E-state index is 12.3. The second-order valence-corrected chi connectivity index (χ2v) is 5.37. The Balaban J connectivity index is 2.03. The number of halogens is 3. The molecular weight excluding hydrogens is 371 g/mol. The van der Waals surface area contributed by atoms with Crippen molar-refractivity contribution in [2.75, 3.05) is 5.32 Å². The highest BCUT2D eigenvalue weighted by molar-refractivity contribution is 6.03. The Morgan fingerprint density at radius 2 is 1.96 bits per heavy atom. The van der Waals surface area contributed by atoms with Gasteiger partial charge in [0.15, 0.2) is 0 Å². The first-order chi connectivity index (χ1) is 12.6. The van der Waals surface area contributed by atoms with E-state index in [1.165, 1.54) is 24.3 Å². The lowest BCUT2D eigenvalue weighted by molar-refractivity contribution is -0.383. The third-order valence-corrected chi connectivity index (χ3v) is 3.55. The number of hydrogen-bond acceptors (Lipinski definition) is 5. The van der Waals surface area contributed by atoms with Gasteiger partial charge in [0.2, 0.25) is 0 Å². The van der Waals surface area contributed by atoms with Crippen LogP contribution in [0.15, 0.2) is 42.5 Å². The molecule has 0 spiro atoms. The van der Waals surface area contributed by atoms with Gasteiger partial charge in [0.1, 0.15) is 17.0 Å². The Hall–Kier alpha value is -3.76. The number of carboxylic acids is 1. The fourth-order valence-corrected chi connectivity index (χ4v) is 2.51. The summed E-state index contributed by atoms with van der Waals surface area (Å²) in [6, 6.07) is 8.67. The number of aromatic amines is 1. The average molecular weight is 381 g/mol. The third kappa shape index (κ3) is 3.92. The third-order valence-electron chi connectivity index (χ3n) is 3.55. The van der Waals surface area contributed by atoms with Gasteiger partial charge in [-0.15, -0.1) is 13.2 Å². The van der Waals surface area contributed by atoms with Crippen LogP contribution in [0, 0.1) is 10.1 Å². The molecule has 11 heteroatoms. The molecule has 3 rings (SSSR count). The van der Waals surface area contributed by atoms with E-state index in [2.05, 4.69) is 15.0 Å². The van der Waals surface area contributed by atoms with Crippen molar-refractivity contribution in [3.63, 3.8) is 0 Å². The summed E-state index contributed by atoms with van der Waals surface area (Å²) >= 11 is 0. The maximum Gasteiger partial charge on any atom is 0.573 e. The number of H-pyrrole nitrogens is 1. The minimum atomic E-state index is -4.85.